The third kappa shape index (κ3) is 1.17. The van der Waals surface area contributed by atoms with Gasteiger partial charge in [0.2, 0.25) is 0 Å². The molecule has 0 aromatic heterocycles. The van der Waals surface area contributed by atoms with E-state index in [1.165, 1.54) is 6.42 Å². The molecule has 0 aromatic carbocycles. The topological polar surface area (TPSA) is 3.24 Å². The molecule has 2 unspecified atom stereocenters. The molecule has 0 amide bonds. The van der Waals surface area contributed by atoms with Gasteiger partial charge in [0, 0.05) is 17.8 Å². The molecular weight excluding hydrogens is 118 g/mol. The number of hydrogen-bond donors (Lipinski definition) is 1. The van der Waals surface area contributed by atoms with Gasteiger partial charge in [0.1, 0.15) is 0 Å². The second-order valence-corrected chi connectivity index (χ2v) is 3.41. The van der Waals surface area contributed by atoms with Crippen LogP contribution < -0.4 is 0 Å². The molecule has 1 heterocycles. The highest BCUT2D eigenvalue weighted by Crippen LogP contribution is 2.18. The molecule has 2 atom stereocenters. The molecule has 0 spiro atoms. The van der Waals surface area contributed by atoms with E-state index >= 15 is 0 Å². The monoisotopic (exact) mass is 131 g/mol. The Morgan fingerprint density at radius 3 is 2.38 bits per heavy atom. The van der Waals surface area contributed by atoms with E-state index in [-0.39, 0.29) is 0 Å². The second-order valence-electron chi connectivity index (χ2n) is 2.68. The maximum atomic E-state index is 4.37. The molecule has 0 radical (unpaired) electrons. The fraction of sp³-hybridized carbons (Fsp3) is 1.00. The number of rotatable bonds is 0. The van der Waals surface area contributed by atoms with Crippen molar-refractivity contribution < 1.29 is 0 Å². The molecule has 1 saturated heterocycles. The van der Waals surface area contributed by atoms with Crippen LogP contribution >= 0.6 is 12.6 Å². The van der Waals surface area contributed by atoms with Crippen molar-refractivity contribution in [3.8, 4) is 0 Å². The van der Waals surface area contributed by atoms with Crippen LogP contribution in [0.25, 0.3) is 0 Å². The fourth-order valence-corrected chi connectivity index (χ4v) is 1.72. The third-order valence-electron chi connectivity index (χ3n) is 1.86. The maximum absolute atomic E-state index is 4.37. The van der Waals surface area contributed by atoms with Gasteiger partial charge in [-0.05, 0) is 20.4 Å². The van der Waals surface area contributed by atoms with Gasteiger partial charge in [-0.15, -0.1) is 0 Å². The Kier molecular flexibility index (Phi) is 1.83. The first kappa shape index (κ1) is 6.43. The van der Waals surface area contributed by atoms with Crippen LogP contribution in [0.1, 0.15) is 13.3 Å². The van der Waals surface area contributed by atoms with E-state index in [4.69, 9.17) is 0 Å². The van der Waals surface area contributed by atoms with E-state index in [1.807, 2.05) is 0 Å². The molecule has 0 N–H and O–H groups in total. The lowest BCUT2D eigenvalue weighted by Gasteiger charge is -2.12. The summed E-state index contributed by atoms with van der Waals surface area (Å²) in [6.45, 7) is 3.40. The molecular formula is C6H13NS. The van der Waals surface area contributed by atoms with Crippen LogP contribution in [0.4, 0.5) is 0 Å². The quantitative estimate of drug-likeness (QED) is 0.480. The predicted molar refractivity (Wildman–Crippen MR) is 39.5 cm³/mol. The molecule has 1 fully saturated rings. The molecule has 1 rings (SSSR count). The van der Waals surface area contributed by atoms with Crippen LogP contribution in [-0.2, 0) is 0 Å². The Morgan fingerprint density at radius 1 is 1.62 bits per heavy atom. The SMILES string of the molecule is CC1CC(S)CN1C. The third-order valence-corrected chi connectivity index (χ3v) is 2.24. The molecule has 0 saturated carbocycles. The summed E-state index contributed by atoms with van der Waals surface area (Å²) in [7, 11) is 2.15. The lowest BCUT2D eigenvalue weighted by Crippen LogP contribution is -2.21. The first-order valence-electron chi connectivity index (χ1n) is 3.08. The van der Waals surface area contributed by atoms with E-state index in [0.29, 0.717) is 5.25 Å². The molecule has 1 nitrogen and oxygen atoms in total. The van der Waals surface area contributed by atoms with Crippen LogP contribution in [0, 0.1) is 0 Å². The Bertz CT molecular complexity index is 74.6. The lowest BCUT2D eigenvalue weighted by atomic mass is 10.2. The number of thiol groups is 1. The lowest BCUT2D eigenvalue weighted by molar-refractivity contribution is 0.331. The minimum absolute atomic E-state index is 0.620. The van der Waals surface area contributed by atoms with E-state index in [2.05, 4.69) is 31.5 Å². The standard InChI is InChI=1S/C6H13NS/c1-5-3-6(8)4-7(5)2/h5-6,8H,3-4H2,1-2H3. The first-order chi connectivity index (χ1) is 3.70. The largest absolute Gasteiger partial charge is 0.303 e. The van der Waals surface area contributed by atoms with Crippen molar-refractivity contribution in [1.29, 1.82) is 0 Å². The molecule has 2 heteroatoms. The smallest absolute Gasteiger partial charge is 0.0159 e. The van der Waals surface area contributed by atoms with Crippen LogP contribution in [0.2, 0.25) is 0 Å². The van der Waals surface area contributed by atoms with Crippen molar-refractivity contribution in [1.82, 2.24) is 4.90 Å². The van der Waals surface area contributed by atoms with Crippen molar-refractivity contribution in [2.24, 2.45) is 0 Å². The first-order valence-corrected chi connectivity index (χ1v) is 3.60. The summed E-state index contributed by atoms with van der Waals surface area (Å²) in [6, 6.07) is 0.748. The predicted octanol–water partition coefficient (Wildman–Crippen LogP) is 1.01. The normalized spacial score (nSPS) is 40.9. The highest BCUT2D eigenvalue weighted by molar-refractivity contribution is 7.81. The van der Waals surface area contributed by atoms with Crippen molar-refractivity contribution in [3.05, 3.63) is 0 Å². The minimum atomic E-state index is 0.620. The Morgan fingerprint density at radius 2 is 2.25 bits per heavy atom. The van der Waals surface area contributed by atoms with Crippen molar-refractivity contribution in [3.63, 3.8) is 0 Å². The van der Waals surface area contributed by atoms with E-state index in [0.717, 1.165) is 12.6 Å². The van der Waals surface area contributed by atoms with Gasteiger partial charge in [0.15, 0.2) is 0 Å². The fourth-order valence-electron chi connectivity index (χ4n) is 1.16. The van der Waals surface area contributed by atoms with Gasteiger partial charge in [-0.3, -0.25) is 0 Å². The number of nitrogens with zero attached hydrogens (tertiary/aromatic N) is 1. The van der Waals surface area contributed by atoms with Crippen LogP contribution in [-0.4, -0.2) is 29.8 Å². The van der Waals surface area contributed by atoms with Gasteiger partial charge in [0.05, 0.1) is 0 Å². The van der Waals surface area contributed by atoms with Crippen LogP contribution in [0.3, 0.4) is 0 Å². The summed E-state index contributed by atoms with van der Waals surface area (Å²) in [5.74, 6) is 0. The molecule has 8 heavy (non-hydrogen) atoms. The molecule has 0 bridgehead atoms. The highest BCUT2D eigenvalue weighted by Gasteiger charge is 2.22. The van der Waals surface area contributed by atoms with Crippen LogP contribution in [0.5, 0.6) is 0 Å². The van der Waals surface area contributed by atoms with E-state index < -0.39 is 0 Å². The van der Waals surface area contributed by atoms with Gasteiger partial charge in [0.25, 0.3) is 0 Å². The van der Waals surface area contributed by atoms with Gasteiger partial charge in [-0.1, -0.05) is 0 Å². The van der Waals surface area contributed by atoms with Crippen molar-refractivity contribution in [2.45, 2.75) is 24.6 Å². The van der Waals surface area contributed by atoms with Gasteiger partial charge in [-0.25, -0.2) is 0 Å². The molecule has 48 valence electrons. The van der Waals surface area contributed by atoms with Gasteiger partial charge in [-0.2, -0.15) is 12.6 Å². The molecule has 0 aliphatic carbocycles. The summed E-state index contributed by atoms with van der Waals surface area (Å²) in [4.78, 5) is 2.34. The van der Waals surface area contributed by atoms with Crippen molar-refractivity contribution >= 4 is 12.6 Å². The molecule has 1 aliphatic rings. The van der Waals surface area contributed by atoms with Crippen LogP contribution in [0.15, 0.2) is 0 Å². The molecule has 1 aliphatic heterocycles. The maximum Gasteiger partial charge on any atom is 0.0159 e. The Balaban J connectivity index is 2.39. The second kappa shape index (κ2) is 2.28. The Labute approximate surface area is 56.5 Å². The zero-order chi connectivity index (χ0) is 6.15. The van der Waals surface area contributed by atoms with E-state index in [9.17, 15) is 0 Å². The average Bonchev–Trinajstić information content (AvgIpc) is 1.85. The summed E-state index contributed by atoms with van der Waals surface area (Å²) in [5, 5.41) is 0.620. The van der Waals surface area contributed by atoms with Crippen molar-refractivity contribution in [2.75, 3.05) is 13.6 Å². The van der Waals surface area contributed by atoms with Gasteiger partial charge >= 0.3 is 0 Å². The zero-order valence-electron chi connectivity index (χ0n) is 5.46. The minimum Gasteiger partial charge on any atom is -0.303 e. The highest BCUT2D eigenvalue weighted by atomic mass is 32.1. The summed E-state index contributed by atoms with van der Waals surface area (Å²) in [6.07, 6.45) is 1.25. The number of likely N-dealkylation sites (tertiary alicyclic amines) is 1. The average molecular weight is 131 g/mol. The molecule has 0 aromatic rings. The summed E-state index contributed by atoms with van der Waals surface area (Å²) >= 11 is 4.37. The summed E-state index contributed by atoms with van der Waals surface area (Å²) < 4.78 is 0. The Hall–Kier alpha value is 0.310. The van der Waals surface area contributed by atoms with E-state index in [1.54, 1.807) is 0 Å². The summed E-state index contributed by atoms with van der Waals surface area (Å²) in [5.41, 5.74) is 0. The number of hydrogen-bond acceptors (Lipinski definition) is 2. The van der Waals surface area contributed by atoms with Gasteiger partial charge < -0.3 is 4.90 Å². The zero-order valence-corrected chi connectivity index (χ0v) is 6.36.